The molecule has 1 aliphatic carbocycles. The van der Waals surface area contributed by atoms with Gasteiger partial charge in [0.15, 0.2) is 18.0 Å². The number of ether oxygens (including phenoxy) is 4. The first-order chi connectivity index (χ1) is 8.12. The first-order valence-electron chi connectivity index (χ1n) is 5.63. The molecular weight excluding hydrogens is 228 g/mol. The first-order valence-corrected chi connectivity index (χ1v) is 5.63. The van der Waals surface area contributed by atoms with Gasteiger partial charge in [0, 0.05) is 12.8 Å². The van der Waals surface area contributed by atoms with Gasteiger partial charge in [0.1, 0.15) is 0 Å². The molecule has 2 rings (SSSR count). The van der Waals surface area contributed by atoms with Gasteiger partial charge in [0.05, 0.1) is 14.2 Å². The molecule has 1 spiro atoms. The second kappa shape index (κ2) is 4.62. The van der Waals surface area contributed by atoms with E-state index in [1.165, 1.54) is 14.2 Å². The highest BCUT2D eigenvalue weighted by molar-refractivity contribution is 5.86. The Morgan fingerprint density at radius 3 is 1.76 bits per heavy atom. The van der Waals surface area contributed by atoms with Crippen LogP contribution in [0.15, 0.2) is 0 Å². The Hall–Kier alpha value is -1.14. The van der Waals surface area contributed by atoms with E-state index in [1.54, 1.807) is 0 Å². The minimum Gasteiger partial charge on any atom is -0.467 e. The summed E-state index contributed by atoms with van der Waals surface area (Å²) in [4.78, 5) is 23.1. The van der Waals surface area contributed by atoms with Gasteiger partial charge >= 0.3 is 11.9 Å². The lowest BCUT2D eigenvalue weighted by Crippen LogP contribution is -2.38. The Morgan fingerprint density at radius 2 is 1.41 bits per heavy atom. The summed E-state index contributed by atoms with van der Waals surface area (Å²) >= 11 is 0. The zero-order valence-corrected chi connectivity index (χ0v) is 9.93. The molecule has 1 aliphatic heterocycles. The van der Waals surface area contributed by atoms with E-state index in [9.17, 15) is 9.59 Å². The molecule has 0 aromatic carbocycles. The standard InChI is InChI=1S/C11H16O6/c1-14-9(12)7-8(10(13)15-2)17-11(16-7)5-3-4-6-11/h7-8H,3-6H2,1-2H3. The Balaban J connectivity index is 2.17. The molecule has 0 N–H and O–H groups in total. The molecule has 96 valence electrons. The van der Waals surface area contributed by atoms with Gasteiger partial charge in [0.2, 0.25) is 0 Å². The van der Waals surface area contributed by atoms with Crippen molar-refractivity contribution in [2.75, 3.05) is 14.2 Å². The second-order valence-electron chi connectivity index (χ2n) is 4.24. The smallest absolute Gasteiger partial charge is 0.338 e. The van der Waals surface area contributed by atoms with E-state index in [2.05, 4.69) is 9.47 Å². The van der Waals surface area contributed by atoms with Crippen molar-refractivity contribution < 1.29 is 28.5 Å². The van der Waals surface area contributed by atoms with Crippen molar-refractivity contribution in [3.63, 3.8) is 0 Å². The maximum absolute atomic E-state index is 11.5. The molecule has 0 radical (unpaired) electrons. The lowest BCUT2D eigenvalue weighted by Gasteiger charge is -2.21. The normalized spacial score (nSPS) is 30.5. The third-order valence-corrected chi connectivity index (χ3v) is 3.19. The molecule has 6 heteroatoms. The van der Waals surface area contributed by atoms with Crippen molar-refractivity contribution >= 4 is 11.9 Å². The fraction of sp³-hybridized carbons (Fsp3) is 0.818. The van der Waals surface area contributed by atoms with Crippen molar-refractivity contribution in [3.05, 3.63) is 0 Å². The summed E-state index contributed by atoms with van der Waals surface area (Å²) in [6.45, 7) is 0. The minimum atomic E-state index is -1.02. The van der Waals surface area contributed by atoms with Gasteiger partial charge in [-0.05, 0) is 12.8 Å². The van der Waals surface area contributed by atoms with E-state index in [0.717, 1.165) is 12.8 Å². The largest absolute Gasteiger partial charge is 0.467 e. The molecule has 17 heavy (non-hydrogen) atoms. The lowest BCUT2D eigenvalue weighted by atomic mass is 10.2. The predicted octanol–water partition coefficient (Wildman–Crippen LogP) is 0.387. The van der Waals surface area contributed by atoms with E-state index in [1.807, 2.05) is 0 Å². The average Bonchev–Trinajstić information content (AvgIpc) is 2.95. The van der Waals surface area contributed by atoms with Crippen LogP contribution in [-0.4, -0.2) is 44.2 Å². The molecule has 0 amide bonds. The SMILES string of the molecule is COC(=O)C1OC2(CCCC2)OC1C(=O)OC. The van der Waals surface area contributed by atoms with Crippen molar-refractivity contribution in [3.8, 4) is 0 Å². The van der Waals surface area contributed by atoms with Crippen LogP contribution < -0.4 is 0 Å². The zero-order chi connectivity index (χ0) is 12.5. The van der Waals surface area contributed by atoms with Gasteiger partial charge in [-0.25, -0.2) is 9.59 Å². The van der Waals surface area contributed by atoms with Crippen LogP contribution in [0.2, 0.25) is 0 Å². The van der Waals surface area contributed by atoms with E-state index in [-0.39, 0.29) is 0 Å². The van der Waals surface area contributed by atoms with E-state index < -0.39 is 29.9 Å². The van der Waals surface area contributed by atoms with Crippen LogP contribution in [0, 0.1) is 0 Å². The Morgan fingerprint density at radius 1 is 1.00 bits per heavy atom. The third kappa shape index (κ3) is 2.14. The van der Waals surface area contributed by atoms with Gasteiger partial charge in [-0.1, -0.05) is 0 Å². The van der Waals surface area contributed by atoms with Crippen LogP contribution in [0.1, 0.15) is 25.7 Å². The van der Waals surface area contributed by atoms with Crippen LogP contribution in [0.4, 0.5) is 0 Å². The minimum absolute atomic E-state index is 0.607. The highest BCUT2D eigenvalue weighted by Crippen LogP contribution is 2.42. The highest BCUT2D eigenvalue weighted by Gasteiger charge is 2.55. The number of esters is 2. The summed E-state index contributed by atoms with van der Waals surface area (Å²) < 4.78 is 20.4. The summed E-state index contributed by atoms with van der Waals surface area (Å²) in [5.41, 5.74) is 0. The fourth-order valence-electron chi connectivity index (χ4n) is 2.34. The molecule has 1 heterocycles. The molecule has 2 fully saturated rings. The number of carbonyl (C=O) groups excluding carboxylic acids is 2. The lowest BCUT2D eigenvalue weighted by molar-refractivity contribution is -0.184. The molecular formula is C11H16O6. The third-order valence-electron chi connectivity index (χ3n) is 3.19. The van der Waals surface area contributed by atoms with Gasteiger partial charge < -0.3 is 18.9 Å². The van der Waals surface area contributed by atoms with Crippen LogP contribution in [-0.2, 0) is 28.5 Å². The molecule has 2 atom stereocenters. The van der Waals surface area contributed by atoms with Crippen molar-refractivity contribution in [2.24, 2.45) is 0 Å². The molecule has 2 unspecified atom stereocenters. The highest BCUT2D eigenvalue weighted by atomic mass is 16.8. The monoisotopic (exact) mass is 244 g/mol. The van der Waals surface area contributed by atoms with Crippen molar-refractivity contribution in [1.29, 1.82) is 0 Å². The van der Waals surface area contributed by atoms with E-state index in [0.29, 0.717) is 12.8 Å². The number of methoxy groups -OCH3 is 2. The average molecular weight is 244 g/mol. The number of carbonyl (C=O) groups is 2. The van der Waals surface area contributed by atoms with Crippen LogP contribution in [0.25, 0.3) is 0 Å². The molecule has 0 aromatic heterocycles. The Bertz CT molecular complexity index is 294. The zero-order valence-electron chi connectivity index (χ0n) is 9.93. The molecule has 6 nitrogen and oxygen atoms in total. The van der Waals surface area contributed by atoms with Gasteiger partial charge in [-0.3, -0.25) is 0 Å². The first kappa shape index (κ1) is 12.3. The maximum Gasteiger partial charge on any atom is 0.338 e. The Kier molecular flexibility index (Phi) is 3.35. The van der Waals surface area contributed by atoms with E-state index in [4.69, 9.17) is 9.47 Å². The van der Waals surface area contributed by atoms with E-state index >= 15 is 0 Å². The molecule has 2 aliphatic rings. The van der Waals surface area contributed by atoms with Gasteiger partial charge in [0.25, 0.3) is 0 Å². The second-order valence-corrected chi connectivity index (χ2v) is 4.24. The molecule has 0 aromatic rings. The predicted molar refractivity (Wildman–Crippen MR) is 55.0 cm³/mol. The fourth-order valence-corrected chi connectivity index (χ4v) is 2.34. The van der Waals surface area contributed by atoms with Crippen LogP contribution in [0.3, 0.4) is 0 Å². The topological polar surface area (TPSA) is 71.1 Å². The summed E-state index contributed by atoms with van der Waals surface area (Å²) in [5.74, 6) is -2.02. The molecule has 1 saturated carbocycles. The van der Waals surface area contributed by atoms with Gasteiger partial charge in [-0.15, -0.1) is 0 Å². The maximum atomic E-state index is 11.5. The van der Waals surface area contributed by atoms with Crippen LogP contribution >= 0.6 is 0 Å². The Labute approximate surface area is 99.2 Å². The molecule has 1 saturated heterocycles. The summed E-state index contributed by atoms with van der Waals surface area (Å²) in [6.07, 6.45) is 1.25. The van der Waals surface area contributed by atoms with Crippen molar-refractivity contribution in [1.82, 2.24) is 0 Å². The summed E-state index contributed by atoms with van der Waals surface area (Å²) in [7, 11) is 2.50. The molecule has 0 bridgehead atoms. The van der Waals surface area contributed by atoms with Gasteiger partial charge in [-0.2, -0.15) is 0 Å². The summed E-state index contributed by atoms with van der Waals surface area (Å²) in [6, 6.07) is 0. The quantitative estimate of drug-likeness (QED) is 0.654. The number of rotatable bonds is 2. The van der Waals surface area contributed by atoms with Crippen molar-refractivity contribution in [2.45, 2.75) is 43.7 Å². The number of hydrogen-bond acceptors (Lipinski definition) is 6. The summed E-state index contributed by atoms with van der Waals surface area (Å²) in [5, 5.41) is 0. The number of hydrogen-bond donors (Lipinski definition) is 0. The van der Waals surface area contributed by atoms with Crippen LogP contribution in [0.5, 0.6) is 0 Å².